The largest absolute Gasteiger partial charge is 0.401 e. The number of aliphatic hydroxyl groups is 1. The van der Waals surface area contributed by atoms with Gasteiger partial charge in [0.25, 0.3) is 0 Å². The van der Waals surface area contributed by atoms with Gasteiger partial charge < -0.3 is 15.2 Å². The zero-order chi connectivity index (χ0) is 12.2. The molecule has 96 valence electrons. The van der Waals surface area contributed by atoms with Crippen LogP contribution in [0.4, 0.5) is 13.2 Å². The second-order valence-corrected chi connectivity index (χ2v) is 4.34. The Kier molecular flexibility index (Phi) is 4.58. The molecule has 0 aromatic rings. The number of ether oxygens (including phenoxy) is 1. The van der Waals surface area contributed by atoms with E-state index >= 15 is 0 Å². The molecule has 1 fully saturated rings. The Morgan fingerprint density at radius 2 is 1.94 bits per heavy atom. The number of alkyl halides is 3. The molecular formula is C10H18F3NO2. The minimum absolute atomic E-state index is 0.104. The summed E-state index contributed by atoms with van der Waals surface area (Å²) in [7, 11) is 1.60. The first kappa shape index (κ1) is 13.7. The highest BCUT2D eigenvalue weighted by atomic mass is 19.4. The molecule has 16 heavy (non-hydrogen) atoms. The maximum absolute atomic E-state index is 12.1. The van der Waals surface area contributed by atoms with Crippen LogP contribution in [0.15, 0.2) is 0 Å². The van der Waals surface area contributed by atoms with E-state index in [1.165, 1.54) is 0 Å². The first-order valence-corrected chi connectivity index (χ1v) is 5.36. The van der Waals surface area contributed by atoms with Gasteiger partial charge in [-0.25, -0.2) is 0 Å². The summed E-state index contributed by atoms with van der Waals surface area (Å²) in [5, 5.41) is 11.7. The third-order valence-electron chi connectivity index (χ3n) is 3.19. The van der Waals surface area contributed by atoms with Gasteiger partial charge in [0.1, 0.15) is 0 Å². The van der Waals surface area contributed by atoms with Crippen LogP contribution in [0.3, 0.4) is 0 Å². The van der Waals surface area contributed by atoms with Crippen molar-refractivity contribution in [2.45, 2.75) is 43.5 Å². The molecule has 0 saturated heterocycles. The van der Waals surface area contributed by atoms with Gasteiger partial charge in [-0.1, -0.05) is 0 Å². The molecule has 1 rings (SSSR count). The molecule has 2 N–H and O–H groups in total. The molecule has 0 heterocycles. The normalized spacial score (nSPS) is 31.7. The van der Waals surface area contributed by atoms with Gasteiger partial charge in [-0.3, -0.25) is 0 Å². The number of methoxy groups -OCH3 is 1. The fourth-order valence-corrected chi connectivity index (χ4v) is 2.06. The number of halogens is 3. The molecule has 0 amide bonds. The van der Waals surface area contributed by atoms with E-state index in [1.54, 1.807) is 7.11 Å². The topological polar surface area (TPSA) is 41.5 Å². The van der Waals surface area contributed by atoms with Crippen molar-refractivity contribution in [3.05, 3.63) is 0 Å². The number of aliphatic hydroxyl groups excluding tert-OH is 1. The highest BCUT2D eigenvalue weighted by Gasteiger charge is 2.38. The lowest BCUT2D eigenvalue weighted by atomic mass is 9.81. The van der Waals surface area contributed by atoms with Crippen molar-refractivity contribution in [1.82, 2.24) is 5.32 Å². The summed E-state index contributed by atoms with van der Waals surface area (Å²) in [5.41, 5.74) is -0.787. The Labute approximate surface area is 93.0 Å². The van der Waals surface area contributed by atoms with Crippen LogP contribution in [0.5, 0.6) is 0 Å². The molecule has 3 nitrogen and oxygen atoms in total. The van der Waals surface area contributed by atoms with Crippen molar-refractivity contribution in [1.29, 1.82) is 0 Å². The van der Waals surface area contributed by atoms with Gasteiger partial charge >= 0.3 is 6.18 Å². The lowest BCUT2D eigenvalue weighted by Crippen LogP contribution is -2.54. The van der Waals surface area contributed by atoms with Gasteiger partial charge in [0.2, 0.25) is 0 Å². The molecule has 1 saturated carbocycles. The average Bonchev–Trinajstić information content (AvgIpc) is 2.26. The Bertz CT molecular complexity index is 213. The summed E-state index contributed by atoms with van der Waals surface area (Å²) >= 11 is 0. The third-order valence-corrected chi connectivity index (χ3v) is 3.19. The predicted octanol–water partition coefficient (Wildman–Crippen LogP) is 1.46. The maximum Gasteiger partial charge on any atom is 0.401 e. The summed E-state index contributed by atoms with van der Waals surface area (Å²) in [4.78, 5) is 0. The van der Waals surface area contributed by atoms with Crippen molar-refractivity contribution in [2.24, 2.45) is 0 Å². The van der Waals surface area contributed by atoms with E-state index in [0.717, 1.165) is 0 Å². The second kappa shape index (κ2) is 5.33. The van der Waals surface area contributed by atoms with Crippen LogP contribution in [-0.2, 0) is 4.74 Å². The smallest absolute Gasteiger partial charge is 0.394 e. The molecule has 1 aliphatic rings. The van der Waals surface area contributed by atoms with Crippen LogP contribution >= 0.6 is 0 Å². The van der Waals surface area contributed by atoms with E-state index in [9.17, 15) is 18.3 Å². The van der Waals surface area contributed by atoms with Gasteiger partial charge in [0.15, 0.2) is 0 Å². The number of hydrogen-bond acceptors (Lipinski definition) is 3. The lowest BCUT2D eigenvalue weighted by molar-refractivity contribution is -0.131. The highest BCUT2D eigenvalue weighted by Crippen LogP contribution is 2.30. The molecule has 1 aliphatic carbocycles. The van der Waals surface area contributed by atoms with Gasteiger partial charge in [-0.05, 0) is 25.7 Å². The van der Waals surface area contributed by atoms with Crippen molar-refractivity contribution >= 4 is 0 Å². The molecule has 6 heteroatoms. The van der Waals surface area contributed by atoms with Gasteiger partial charge in [0.05, 0.1) is 19.3 Å². The van der Waals surface area contributed by atoms with Gasteiger partial charge in [-0.15, -0.1) is 0 Å². The molecule has 0 radical (unpaired) electrons. The standard InChI is InChI=1S/C10H18F3NO2/c1-16-8-2-4-9(7-15,5-3-8)14-6-10(11,12)13/h8,14-15H,2-7H2,1H3. The Balaban J connectivity index is 2.46. The Morgan fingerprint density at radius 3 is 2.31 bits per heavy atom. The number of hydrogen-bond donors (Lipinski definition) is 2. The zero-order valence-electron chi connectivity index (χ0n) is 9.31. The summed E-state index contributed by atoms with van der Waals surface area (Å²) in [6.07, 6.45) is -1.74. The number of rotatable bonds is 4. The van der Waals surface area contributed by atoms with E-state index in [4.69, 9.17) is 4.74 Å². The SMILES string of the molecule is COC1CCC(CO)(NCC(F)(F)F)CC1. The Morgan fingerprint density at radius 1 is 1.38 bits per heavy atom. The van der Waals surface area contributed by atoms with E-state index in [1.807, 2.05) is 0 Å². The molecule has 0 spiro atoms. The fourth-order valence-electron chi connectivity index (χ4n) is 2.06. The van der Waals surface area contributed by atoms with E-state index < -0.39 is 18.3 Å². The van der Waals surface area contributed by atoms with E-state index in [-0.39, 0.29) is 12.7 Å². The van der Waals surface area contributed by atoms with Crippen LogP contribution in [0.25, 0.3) is 0 Å². The first-order valence-electron chi connectivity index (χ1n) is 5.36. The zero-order valence-corrected chi connectivity index (χ0v) is 9.31. The van der Waals surface area contributed by atoms with Crippen molar-refractivity contribution < 1.29 is 23.0 Å². The summed E-state index contributed by atoms with van der Waals surface area (Å²) in [6.45, 7) is -1.31. The van der Waals surface area contributed by atoms with E-state index in [0.29, 0.717) is 25.7 Å². The second-order valence-electron chi connectivity index (χ2n) is 4.34. The molecule has 0 aromatic heterocycles. The van der Waals surface area contributed by atoms with Crippen molar-refractivity contribution in [3.8, 4) is 0 Å². The Hall–Kier alpha value is -0.330. The van der Waals surface area contributed by atoms with Crippen molar-refractivity contribution in [3.63, 3.8) is 0 Å². The number of nitrogens with one attached hydrogen (secondary N) is 1. The minimum Gasteiger partial charge on any atom is -0.394 e. The molecular weight excluding hydrogens is 223 g/mol. The predicted molar refractivity (Wildman–Crippen MR) is 53.1 cm³/mol. The summed E-state index contributed by atoms with van der Waals surface area (Å²) in [5.74, 6) is 0. The van der Waals surface area contributed by atoms with Crippen LogP contribution in [0.1, 0.15) is 25.7 Å². The molecule has 0 unspecified atom stereocenters. The minimum atomic E-state index is -4.24. The molecule has 0 aromatic carbocycles. The van der Waals surface area contributed by atoms with Gasteiger partial charge in [0, 0.05) is 12.6 Å². The monoisotopic (exact) mass is 241 g/mol. The molecule has 0 aliphatic heterocycles. The quantitative estimate of drug-likeness (QED) is 0.783. The van der Waals surface area contributed by atoms with Crippen LogP contribution in [-0.4, -0.2) is 43.2 Å². The average molecular weight is 241 g/mol. The van der Waals surface area contributed by atoms with Crippen molar-refractivity contribution in [2.75, 3.05) is 20.3 Å². The summed E-state index contributed by atoms with van der Waals surface area (Å²) in [6, 6.07) is 0. The maximum atomic E-state index is 12.1. The fraction of sp³-hybridized carbons (Fsp3) is 1.00. The summed E-state index contributed by atoms with van der Waals surface area (Å²) < 4.78 is 41.4. The molecule has 0 atom stereocenters. The first-order chi connectivity index (χ1) is 7.41. The van der Waals surface area contributed by atoms with Gasteiger partial charge in [-0.2, -0.15) is 13.2 Å². The lowest BCUT2D eigenvalue weighted by Gasteiger charge is -2.39. The third kappa shape index (κ3) is 3.92. The van der Waals surface area contributed by atoms with E-state index in [2.05, 4.69) is 5.32 Å². The molecule has 0 bridgehead atoms. The van der Waals surface area contributed by atoms with Crippen LogP contribution < -0.4 is 5.32 Å². The highest BCUT2D eigenvalue weighted by molar-refractivity contribution is 4.93. The van der Waals surface area contributed by atoms with Crippen LogP contribution in [0, 0.1) is 0 Å². The van der Waals surface area contributed by atoms with Crippen LogP contribution in [0.2, 0.25) is 0 Å².